The van der Waals surface area contributed by atoms with Crippen molar-refractivity contribution in [3.63, 3.8) is 0 Å². The van der Waals surface area contributed by atoms with Crippen molar-refractivity contribution in [3.05, 3.63) is 29.3 Å². The molecule has 0 aromatic heterocycles. The molecular formula is C8H8F3N3O. The average molecular weight is 219 g/mol. The van der Waals surface area contributed by atoms with Gasteiger partial charge in [0.15, 0.2) is 0 Å². The number of hydrazine groups is 1. The van der Waals surface area contributed by atoms with Gasteiger partial charge in [0.2, 0.25) is 0 Å². The highest BCUT2D eigenvalue weighted by atomic mass is 19.4. The average Bonchev–Trinajstić information content (AvgIpc) is 2.15. The number of nitrogens with one attached hydrogen (secondary N) is 1. The number of hydrogen-bond acceptors (Lipinski definition) is 3. The molecule has 0 radical (unpaired) electrons. The first-order chi connectivity index (χ1) is 6.88. The Balaban J connectivity index is 3.30. The highest BCUT2D eigenvalue weighted by molar-refractivity contribution is 5.99. The van der Waals surface area contributed by atoms with Crippen molar-refractivity contribution >= 4 is 11.6 Å². The third-order valence-corrected chi connectivity index (χ3v) is 1.79. The summed E-state index contributed by atoms with van der Waals surface area (Å²) in [6.45, 7) is 0. The Morgan fingerprint density at radius 1 is 1.33 bits per heavy atom. The van der Waals surface area contributed by atoms with Crippen LogP contribution in [-0.2, 0) is 6.18 Å². The molecule has 0 bridgehead atoms. The minimum atomic E-state index is -4.59. The number of anilines is 1. The summed E-state index contributed by atoms with van der Waals surface area (Å²) in [6.07, 6.45) is -4.59. The molecule has 0 spiro atoms. The summed E-state index contributed by atoms with van der Waals surface area (Å²) < 4.78 is 37.1. The van der Waals surface area contributed by atoms with Crippen molar-refractivity contribution in [1.82, 2.24) is 5.43 Å². The lowest BCUT2D eigenvalue weighted by Crippen LogP contribution is -2.31. The molecule has 1 amide bonds. The van der Waals surface area contributed by atoms with Gasteiger partial charge in [-0.15, -0.1) is 0 Å². The van der Waals surface area contributed by atoms with Gasteiger partial charge in [-0.25, -0.2) is 5.84 Å². The number of nitrogens with two attached hydrogens (primary N) is 2. The Labute approximate surface area is 83.0 Å². The van der Waals surface area contributed by atoms with Gasteiger partial charge in [-0.05, 0) is 12.1 Å². The minimum absolute atomic E-state index is 0.299. The summed E-state index contributed by atoms with van der Waals surface area (Å²) in [6, 6.07) is 3.04. The van der Waals surface area contributed by atoms with Crippen LogP contribution in [0.3, 0.4) is 0 Å². The van der Waals surface area contributed by atoms with Crippen LogP contribution in [0.4, 0.5) is 18.9 Å². The van der Waals surface area contributed by atoms with Crippen molar-refractivity contribution in [2.24, 2.45) is 5.84 Å². The van der Waals surface area contributed by atoms with Gasteiger partial charge in [0, 0.05) is 0 Å². The van der Waals surface area contributed by atoms with E-state index in [-0.39, 0.29) is 5.56 Å². The van der Waals surface area contributed by atoms with E-state index in [1.165, 1.54) is 0 Å². The third-order valence-electron chi connectivity index (χ3n) is 1.79. The van der Waals surface area contributed by atoms with Gasteiger partial charge in [-0.3, -0.25) is 10.2 Å². The highest BCUT2D eigenvalue weighted by Gasteiger charge is 2.34. The molecule has 0 aliphatic carbocycles. The molecule has 7 heteroatoms. The first-order valence-corrected chi connectivity index (χ1v) is 3.84. The number of carbonyl (C=O) groups excluding carboxylic acids is 1. The third kappa shape index (κ3) is 2.18. The molecule has 1 aromatic carbocycles. The lowest BCUT2D eigenvalue weighted by Gasteiger charge is -2.12. The smallest absolute Gasteiger partial charge is 0.398 e. The van der Waals surface area contributed by atoms with Gasteiger partial charge in [0.05, 0.1) is 16.8 Å². The maximum atomic E-state index is 12.4. The van der Waals surface area contributed by atoms with Crippen molar-refractivity contribution in [1.29, 1.82) is 0 Å². The van der Waals surface area contributed by atoms with Crippen molar-refractivity contribution in [2.45, 2.75) is 6.18 Å². The first-order valence-electron chi connectivity index (χ1n) is 3.84. The number of benzene rings is 1. The van der Waals surface area contributed by atoms with Crippen molar-refractivity contribution in [2.75, 3.05) is 5.73 Å². The van der Waals surface area contributed by atoms with Gasteiger partial charge in [0.25, 0.3) is 5.91 Å². The molecule has 0 aliphatic rings. The number of carbonyl (C=O) groups is 1. The van der Waals surface area contributed by atoms with Gasteiger partial charge in [-0.1, -0.05) is 6.07 Å². The molecule has 0 aliphatic heterocycles. The second kappa shape index (κ2) is 3.77. The topological polar surface area (TPSA) is 81.1 Å². The fraction of sp³-hybridized carbons (Fsp3) is 0.125. The van der Waals surface area contributed by atoms with E-state index < -0.39 is 23.3 Å². The number of nitrogen functional groups attached to an aromatic ring is 2. The van der Waals surface area contributed by atoms with Crippen LogP contribution in [-0.4, -0.2) is 5.91 Å². The SMILES string of the molecule is NNC(=O)c1cccc(C(F)(F)F)c1N. The summed E-state index contributed by atoms with van der Waals surface area (Å²) in [7, 11) is 0. The normalized spacial score (nSPS) is 11.2. The van der Waals surface area contributed by atoms with E-state index in [9.17, 15) is 18.0 Å². The number of hydrogen-bond donors (Lipinski definition) is 3. The predicted molar refractivity (Wildman–Crippen MR) is 47.5 cm³/mol. The summed E-state index contributed by atoms with van der Waals surface area (Å²) in [4.78, 5) is 11.0. The Bertz CT molecular complexity index is 389. The van der Waals surface area contributed by atoms with E-state index in [0.717, 1.165) is 18.2 Å². The van der Waals surface area contributed by atoms with E-state index >= 15 is 0 Å². The van der Waals surface area contributed by atoms with Gasteiger partial charge >= 0.3 is 6.18 Å². The number of halogens is 3. The molecule has 0 fully saturated rings. The van der Waals surface area contributed by atoms with Crippen LogP contribution in [0, 0.1) is 0 Å². The number of para-hydroxylation sites is 1. The molecule has 4 nitrogen and oxygen atoms in total. The van der Waals surface area contributed by atoms with Crippen LogP contribution in [0.5, 0.6) is 0 Å². The quantitative estimate of drug-likeness (QED) is 0.284. The van der Waals surface area contributed by atoms with Gasteiger partial charge in [-0.2, -0.15) is 13.2 Å². The molecule has 0 saturated carbocycles. The van der Waals surface area contributed by atoms with E-state index in [2.05, 4.69) is 0 Å². The molecule has 5 N–H and O–H groups in total. The number of alkyl halides is 3. The summed E-state index contributed by atoms with van der Waals surface area (Å²) >= 11 is 0. The Morgan fingerprint density at radius 2 is 1.93 bits per heavy atom. The van der Waals surface area contributed by atoms with Crippen LogP contribution in [0.1, 0.15) is 15.9 Å². The van der Waals surface area contributed by atoms with Crippen LogP contribution >= 0.6 is 0 Å². The molecule has 0 saturated heterocycles. The second-order valence-corrected chi connectivity index (χ2v) is 2.74. The van der Waals surface area contributed by atoms with Crippen molar-refractivity contribution in [3.8, 4) is 0 Å². The maximum absolute atomic E-state index is 12.4. The molecule has 0 heterocycles. The first kappa shape index (κ1) is 11.3. The number of amides is 1. The molecule has 82 valence electrons. The van der Waals surface area contributed by atoms with E-state index in [1.807, 2.05) is 0 Å². The van der Waals surface area contributed by atoms with Crippen molar-refractivity contribution < 1.29 is 18.0 Å². The Kier molecular flexibility index (Phi) is 2.85. The monoisotopic (exact) mass is 219 g/mol. The molecule has 1 aromatic rings. The van der Waals surface area contributed by atoms with E-state index in [1.54, 1.807) is 5.43 Å². The predicted octanol–water partition coefficient (Wildman–Crippen LogP) is 0.891. The molecule has 15 heavy (non-hydrogen) atoms. The fourth-order valence-electron chi connectivity index (χ4n) is 1.09. The lowest BCUT2D eigenvalue weighted by molar-refractivity contribution is -0.136. The van der Waals surface area contributed by atoms with Crippen LogP contribution < -0.4 is 17.0 Å². The summed E-state index contributed by atoms with van der Waals surface area (Å²) in [5, 5.41) is 0. The van der Waals surface area contributed by atoms with Crippen LogP contribution in [0.25, 0.3) is 0 Å². The summed E-state index contributed by atoms with van der Waals surface area (Å²) in [5.74, 6) is 3.93. The standard InChI is InChI=1S/C8H8F3N3O/c9-8(10,11)5-3-1-2-4(6(5)12)7(15)14-13/h1-3H,12-13H2,(H,14,15). The highest BCUT2D eigenvalue weighted by Crippen LogP contribution is 2.34. The Hall–Kier alpha value is -1.76. The lowest BCUT2D eigenvalue weighted by atomic mass is 10.1. The summed E-state index contributed by atoms with van der Waals surface area (Å²) in [5.41, 5.74) is 4.94. The molecule has 0 unspecified atom stereocenters. The fourth-order valence-corrected chi connectivity index (χ4v) is 1.09. The minimum Gasteiger partial charge on any atom is -0.398 e. The zero-order valence-electron chi connectivity index (χ0n) is 7.43. The van der Waals surface area contributed by atoms with Gasteiger partial charge in [0.1, 0.15) is 0 Å². The maximum Gasteiger partial charge on any atom is 0.418 e. The Morgan fingerprint density at radius 3 is 2.40 bits per heavy atom. The zero-order chi connectivity index (χ0) is 11.6. The molecular weight excluding hydrogens is 211 g/mol. The van der Waals surface area contributed by atoms with Crippen LogP contribution in [0.2, 0.25) is 0 Å². The zero-order valence-corrected chi connectivity index (χ0v) is 7.43. The van der Waals surface area contributed by atoms with E-state index in [0.29, 0.717) is 0 Å². The molecule has 1 rings (SSSR count). The number of rotatable bonds is 1. The largest absolute Gasteiger partial charge is 0.418 e. The van der Waals surface area contributed by atoms with Gasteiger partial charge < -0.3 is 5.73 Å². The van der Waals surface area contributed by atoms with Crippen LogP contribution in [0.15, 0.2) is 18.2 Å². The second-order valence-electron chi connectivity index (χ2n) is 2.74. The molecule has 0 atom stereocenters. The van der Waals surface area contributed by atoms with E-state index in [4.69, 9.17) is 11.6 Å².